The average molecular weight is 288 g/mol. The lowest BCUT2D eigenvalue weighted by atomic mass is 9.95. The molecule has 1 heterocycles. The lowest BCUT2D eigenvalue weighted by molar-refractivity contribution is 0.407. The number of hydrogen-bond acceptors (Lipinski definition) is 3. The third kappa shape index (κ3) is 3.22. The van der Waals surface area contributed by atoms with E-state index in [1.807, 2.05) is 11.3 Å². The van der Waals surface area contributed by atoms with Gasteiger partial charge in [-0.05, 0) is 47.6 Å². The van der Waals surface area contributed by atoms with E-state index in [0.29, 0.717) is 6.04 Å². The molecule has 20 heavy (non-hydrogen) atoms. The second-order valence-electron chi connectivity index (χ2n) is 6.05. The van der Waals surface area contributed by atoms with Gasteiger partial charge in [0.1, 0.15) is 0 Å². The highest BCUT2D eigenvalue weighted by Crippen LogP contribution is 2.30. The van der Waals surface area contributed by atoms with Crippen LogP contribution in [-0.2, 0) is 6.42 Å². The van der Waals surface area contributed by atoms with Gasteiger partial charge in [-0.2, -0.15) is 0 Å². The van der Waals surface area contributed by atoms with Crippen molar-refractivity contribution in [2.45, 2.75) is 51.0 Å². The standard InChI is InChI=1S/C17H24N2S/c18-19-15(10-9-13-5-1-2-6-13)11-14-12-20-17-8-4-3-7-16(14)17/h3-4,7-8,12-13,15,19H,1-2,5-6,9-11,18H2. The molecule has 2 nitrogen and oxygen atoms in total. The van der Waals surface area contributed by atoms with E-state index < -0.39 is 0 Å². The molecule has 3 heteroatoms. The molecule has 1 fully saturated rings. The van der Waals surface area contributed by atoms with E-state index in [-0.39, 0.29) is 0 Å². The van der Waals surface area contributed by atoms with Crippen LogP contribution in [0.1, 0.15) is 44.1 Å². The van der Waals surface area contributed by atoms with E-state index in [0.717, 1.165) is 12.3 Å². The second-order valence-corrected chi connectivity index (χ2v) is 6.96. The Balaban J connectivity index is 1.61. The molecule has 0 amide bonds. The van der Waals surface area contributed by atoms with Gasteiger partial charge in [-0.3, -0.25) is 11.3 Å². The largest absolute Gasteiger partial charge is 0.271 e. The summed E-state index contributed by atoms with van der Waals surface area (Å²) in [5, 5.41) is 3.70. The SMILES string of the molecule is NNC(CCC1CCCC1)Cc1csc2ccccc12. The molecule has 3 N–H and O–H groups in total. The van der Waals surface area contributed by atoms with Gasteiger partial charge < -0.3 is 0 Å². The van der Waals surface area contributed by atoms with Gasteiger partial charge in [-0.25, -0.2) is 0 Å². The van der Waals surface area contributed by atoms with Gasteiger partial charge in [0, 0.05) is 10.7 Å². The van der Waals surface area contributed by atoms with Crippen molar-refractivity contribution in [3.63, 3.8) is 0 Å². The number of nitrogens with two attached hydrogens (primary N) is 1. The Hall–Kier alpha value is -0.900. The monoisotopic (exact) mass is 288 g/mol. The molecule has 1 aliphatic rings. The predicted molar refractivity (Wildman–Crippen MR) is 87.8 cm³/mol. The zero-order valence-electron chi connectivity index (χ0n) is 12.0. The highest BCUT2D eigenvalue weighted by Gasteiger charge is 2.18. The fourth-order valence-electron chi connectivity index (χ4n) is 3.44. The first kappa shape index (κ1) is 14.1. The van der Waals surface area contributed by atoms with Gasteiger partial charge in [-0.15, -0.1) is 11.3 Å². The van der Waals surface area contributed by atoms with E-state index in [1.165, 1.54) is 54.2 Å². The molecule has 2 aromatic rings. The molecule has 1 unspecified atom stereocenters. The number of thiophene rings is 1. The number of fused-ring (bicyclic) bond motifs is 1. The predicted octanol–water partition coefficient (Wildman–Crippen LogP) is 4.25. The summed E-state index contributed by atoms with van der Waals surface area (Å²) < 4.78 is 1.38. The van der Waals surface area contributed by atoms with E-state index in [2.05, 4.69) is 35.1 Å². The van der Waals surface area contributed by atoms with Crippen LogP contribution in [0.25, 0.3) is 10.1 Å². The molecule has 108 valence electrons. The number of nitrogens with one attached hydrogen (secondary N) is 1. The van der Waals surface area contributed by atoms with Crippen molar-refractivity contribution in [2.24, 2.45) is 11.8 Å². The lowest BCUT2D eigenvalue weighted by Gasteiger charge is -2.18. The maximum absolute atomic E-state index is 5.77. The van der Waals surface area contributed by atoms with Gasteiger partial charge in [0.2, 0.25) is 0 Å². The maximum Gasteiger partial charge on any atom is 0.0345 e. The molecule has 0 aliphatic heterocycles. The van der Waals surface area contributed by atoms with Crippen molar-refractivity contribution in [1.29, 1.82) is 0 Å². The van der Waals surface area contributed by atoms with Gasteiger partial charge in [0.25, 0.3) is 0 Å². The molecule has 0 spiro atoms. The van der Waals surface area contributed by atoms with Crippen molar-refractivity contribution in [2.75, 3.05) is 0 Å². The van der Waals surface area contributed by atoms with Crippen LogP contribution in [0.3, 0.4) is 0 Å². The van der Waals surface area contributed by atoms with Crippen molar-refractivity contribution in [3.8, 4) is 0 Å². The van der Waals surface area contributed by atoms with Crippen LogP contribution in [0.5, 0.6) is 0 Å². The van der Waals surface area contributed by atoms with Gasteiger partial charge in [0.05, 0.1) is 0 Å². The van der Waals surface area contributed by atoms with E-state index in [4.69, 9.17) is 5.84 Å². The molecule has 0 bridgehead atoms. The second kappa shape index (κ2) is 6.70. The molecule has 0 saturated heterocycles. The summed E-state index contributed by atoms with van der Waals surface area (Å²) in [4.78, 5) is 0. The molecule has 3 rings (SSSR count). The maximum atomic E-state index is 5.77. The normalized spacial score (nSPS) is 17.9. The van der Waals surface area contributed by atoms with E-state index in [9.17, 15) is 0 Å². The van der Waals surface area contributed by atoms with Crippen LogP contribution in [-0.4, -0.2) is 6.04 Å². The molecule has 1 aromatic heterocycles. The van der Waals surface area contributed by atoms with Crippen LogP contribution in [0.2, 0.25) is 0 Å². The Kier molecular flexibility index (Phi) is 4.71. The minimum absolute atomic E-state index is 0.411. The molecule has 1 aromatic carbocycles. The highest BCUT2D eigenvalue weighted by molar-refractivity contribution is 7.17. The Labute approximate surface area is 125 Å². The third-order valence-corrected chi connectivity index (χ3v) is 5.67. The fourth-order valence-corrected chi connectivity index (χ4v) is 4.41. The van der Waals surface area contributed by atoms with Gasteiger partial charge >= 0.3 is 0 Å². The minimum Gasteiger partial charge on any atom is -0.271 e. The Morgan fingerprint density at radius 2 is 2.05 bits per heavy atom. The smallest absolute Gasteiger partial charge is 0.0345 e. The van der Waals surface area contributed by atoms with Crippen molar-refractivity contribution in [1.82, 2.24) is 5.43 Å². The summed E-state index contributed by atoms with van der Waals surface area (Å²) in [6, 6.07) is 9.08. The van der Waals surface area contributed by atoms with Crippen molar-refractivity contribution < 1.29 is 0 Å². The van der Waals surface area contributed by atoms with Crippen LogP contribution in [0, 0.1) is 5.92 Å². The summed E-state index contributed by atoms with van der Waals surface area (Å²) in [5.74, 6) is 6.72. The highest BCUT2D eigenvalue weighted by atomic mass is 32.1. The van der Waals surface area contributed by atoms with Crippen molar-refractivity contribution in [3.05, 3.63) is 35.2 Å². The van der Waals surface area contributed by atoms with Crippen LogP contribution < -0.4 is 11.3 Å². The fraction of sp³-hybridized carbons (Fsp3) is 0.529. The van der Waals surface area contributed by atoms with Gasteiger partial charge in [-0.1, -0.05) is 43.9 Å². The van der Waals surface area contributed by atoms with Gasteiger partial charge in [0.15, 0.2) is 0 Å². The molecule has 1 atom stereocenters. The summed E-state index contributed by atoms with van der Waals surface area (Å²) in [6.07, 6.45) is 9.30. The summed E-state index contributed by atoms with van der Waals surface area (Å²) >= 11 is 1.84. The first-order valence-corrected chi connectivity index (χ1v) is 8.66. The molecule has 0 radical (unpaired) electrons. The van der Waals surface area contributed by atoms with Crippen molar-refractivity contribution >= 4 is 21.4 Å². The molecule has 1 saturated carbocycles. The molecular formula is C17H24N2S. The zero-order valence-corrected chi connectivity index (χ0v) is 12.8. The number of benzene rings is 1. The topological polar surface area (TPSA) is 38.0 Å². The Morgan fingerprint density at radius 1 is 1.25 bits per heavy atom. The minimum atomic E-state index is 0.411. The van der Waals surface area contributed by atoms with Crippen LogP contribution >= 0.6 is 11.3 Å². The number of rotatable bonds is 6. The Bertz CT molecular complexity index is 543. The first-order valence-electron chi connectivity index (χ1n) is 7.78. The number of hydrogen-bond donors (Lipinski definition) is 2. The average Bonchev–Trinajstić information content (AvgIpc) is 3.13. The number of hydrazine groups is 1. The molecular weight excluding hydrogens is 264 g/mol. The summed E-state index contributed by atoms with van der Waals surface area (Å²) in [5.41, 5.74) is 4.48. The quantitative estimate of drug-likeness (QED) is 0.616. The van der Waals surface area contributed by atoms with E-state index >= 15 is 0 Å². The molecule has 1 aliphatic carbocycles. The Morgan fingerprint density at radius 3 is 2.85 bits per heavy atom. The summed E-state index contributed by atoms with van der Waals surface area (Å²) in [7, 11) is 0. The van der Waals surface area contributed by atoms with Crippen LogP contribution in [0.15, 0.2) is 29.6 Å². The van der Waals surface area contributed by atoms with Crippen LogP contribution in [0.4, 0.5) is 0 Å². The summed E-state index contributed by atoms with van der Waals surface area (Å²) in [6.45, 7) is 0. The zero-order chi connectivity index (χ0) is 13.8. The lowest BCUT2D eigenvalue weighted by Crippen LogP contribution is -2.37. The first-order chi connectivity index (χ1) is 9.86. The third-order valence-electron chi connectivity index (χ3n) is 4.66. The van der Waals surface area contributed by atoms with E-state index in [1.54, 1.807) is 0 Å².